The molecule has 0 saturated carbocycles. The molecule has 21 heavy (non-hydrogen) atoms. The van der Waals surface area contributed by atoms with Crippen molar-refractivity contribution in [2.75, 3.05) is 0 Å². The molecule has 0 spiro atoms. The number of nitrogens with zero attached hydrogens (tertiary/aromatic N) is 2. The van der Waals surface area contributed by atoms with E-state index in [1.165, 1.54) is 5.56 Å². The standard InChI is InChI=1S/C17H18ClN3/c1-2-15(19)9-12-7-8-14(18)10-17(12)21-16-6-4-3-5-13(16)11-20-21/h3-8,10-11,15H,2,9,19H2,1H3. The first-order chi connectivity index (χ1) is 10.2. The van der Waals surface area contributed by atoms with Crippen LogP contribution in [0.25, 0.3) is 16.6 Å². The molecule has 1 aromatic heterocycles. The molecule has 3 rings (SSSR count). The van der Waals surface area contributed by atoms with Crippen LogP contribution in [-0.4, -0.2) is 15.8 Å². The predicted octanol–water partition coefficient (Wildman–Crippen LogP) is 3.96. The van der Waals surface area contributed by atoms with E-state index in [0.717, 1.165) is 29.4 Å². The summed E-state index contributed by atoms with van der Waals surface area (Å²) in [6.45, 7) is 2.10. The molecule has 3 nitrogen and oxygen atoms in total. The quantitative estimate of drug-likeness (QED) is 0.792. The Morgan fingerprint density at radius 3 is 2.86 bits per heavy atom. The third kappa shape index (κ3) is 2.80. The molecular formula is C17H18ClN3. The first-order valence-corrected chi connectivity index (χ1v) is 7.54. The average molecular weight is 300 g/mol. The van der Waals surface area contributed by atoms with Crippen molar-refractivity contribution in [3.63, 3.8) is 0 Å². The van der Waals surface area contributed by atoms with Crippen LogP contribution in [0.4, 0.5) is 0 Å². The molecule has 0 saturated heterocycles. The topological polar surface area (TPSA) is 43.8 Å². The number of halogens is 1. The van der Waals surface area contributed by atoms with Gasteiger partial charge in [-0.3, -0.25) is 0 Å². The molecule has 1 unspecified atom stereocenters. The van der Waals surface area contributed by atoms with Crippen molar-refractivity contribution in [1.29, 1.82) is 0 Å². The Balaban J connectivity index is 2.14. The molecule has 1 atom stereocenters. The van der Waals surface area contributed by atoms with Gasteiger partial charge in [0.2, 0.25) is 0 Å². The lowest BCUT2D eigenvalue weighted by atomic mass is 10.0. The van der Waals surface area contributed by atoms with Crippen LogP contribution in [0.5, 0.6) is 0 Å². The van der Waals surface area contributed by atoms with Crippen LogP contribution in [0.2, 0.25) is 5.02 Å². The van der Waals surface area contributed by atoms with Gasteiger partial charge in [0.25, 0.3) is 0 Å². The Morgan fingerprint density at radius 2 is 2.05 bits per heavy atom. The monoisotopic (exact) mass is 299 g/mol. The number of benzene rings is 2. The number of hydrogen-bond donors (Lipinski definition) is 1. The number of para-hydroxylation sites is 1. The molecule has 2 aromatic carbocycles. The molecular weight excluding hydrogens is 282 g/mol. The summed E-state index contributed by atoms with van der Waals surface area (Å²) in [4.78, 5) is 0. The van der Waals surface area contributed by atoms with Gasteiger partial charge in [0.05, 0.1) is 17.4 Å². The minimum absolute atomic E-state index is 0.145. The van der Waals surface area contributed by atoms with Crippen LogP contribution in [0.3, 0.4) is 0 Å². The summed E-state index contributed by atoms with van der Waals surface area (Å²) >= 11 is 6.18. The van der Waals surface area contributed by atoms with Crippen molar-refractivity contribution in [1.82, 2.24) is 9.78 Å². The molecule has 0 bridgehead atoms. The second kappa shape index (κ2) is 5.88. The number of rotatable bonds is 4. The maximum atomic E-state index is 6.18. The lowest BCUT2D eigenvalue weighted by Gasteiger charge is -2.14. The molecule has 2 N–H and O–H groups in total. The van der Waals surface area contributed by atoms with Gasteiger partial charge in [-0.2, -0.15) is 5.10 Å². The van der Waals surface area contributed by atoms with Crippen molar-refractivity contribution in [2.24, 2.45) is 5.73 Å². The Kier molecular flexibility index (Phi) is 3.95. The lowest BCUT2D eigenvalue weighted by Crippen LogP contribution is -2.22. The number of nitrogens with two attached hydrogens (primary N) is 1. The highest BCUT2D eigenvalue weighted by Crippen LogP contribution is 2.25. The van der Waals surface area contributed by atoms with Gasteiger partial charge in [-0.1, -0.05) is 42.8 Å². The van der Waals surface area contributed by atoms with Gasteiger partial charge >= 0.3 is 0 Å². The van der Waals surface area contributed by atoms with E-state index < -0.39 is 0 Å². The average Bonchev–Trinajstić information content (AvgIpc) is 2.92. The Morgan fingerprint density at radius 1 is 1.24 bits per heavy atom. The third-order valence-electron chi connectivity index (χ3n) is 3.76. The smallest absolute Gasteiger partial charge is 0.0741 e. The highest BCUT2D eigenvalue weighted by atomic mass is 35.5. The van der Waals surface area contributed by atoms with Crippen LogP contribution in [-0.2, 0) is 6.42 Å². The van der Waals surface area contributed by atoms with Crippen molar-refractivity contribution >= 4 is 22.5 Å². The van der Waals surface area contributed by atoms with Gasteiger partial charge in [0.15, 0.2) is 0 Å². The van der Waals surface area contributed by atoms with E-state index in [-0.39, 0.29) is 6.04 Å². The van der Waals surface area contributed by atoms with Gasteiger partial charge in [-0.05, 0) is 36.6 Å². The summed E-state index contributed by atoms with van der Waals surface area (Å²) in [6, 6.07) is 14.2. The van der Waals surface area contributed by atoms with Crippen LogP contribution in [0.15, 0.2) is 48.7 Å². The van der Waals surface area contributed by atoms with Crippen molar-refractivity contribution in [3.8, 4) is 5.69 Å². The van der Waals surface area contributed by atoms with Crippen molar-refractivity contribution in [3.05, 3.63) is 59.2 Å². The zero-order chi connectivity index (χ0) is 14.8. The molecule has 1 heterocycles. The highest BCUT2D eigenvalue weighted by Gasteiger charge is 2.12. The zero-order valence-electron chi connectivity index (χ0n) is 12.0. The molecule has 0 fully saturated rings. The SMILES string of the molecule is CCC(N)Cc1ccc(Cl)cc1-n1ncc2ccccc21. The summed E-state index contributed by atoms with van der Waals surface area (Å²) in [5.74, 6) is 0. The van der Waals surface area contributed by atoms with E-state index in [2.05, 4.69) is 24.2 Å². The summed E-state index contributed by atoms with van der Waals surface area (Å²) < 4.78 is 1.94. The first kappa shape index (κ1) is 14.1. The zero-order valence-corrected chi connectivity index (χ0v) is 12.7. The van der Waals surface area contributed by atoms with E-state index in [0.29, 0.717) is 5.02 Å². The van der Waals surface area contributed by atoms with Crippen LogP contribution >= 0.6 is 11.6 Å². The maximum absolute atomic E-state index is 6.18. The minimum atomic E-state index is 0.145. The Hall–Kier alpha value is -1.84. The number of hydrogen-bond acceptors (Lipinski definition) is 2. The summed E-state index contributed by atoms with van der Waals surface area (Å²) in [6.07, 6.45) is 3.64. The fourth-order valence-corrected chi connectivity index (χ4v) is 2.66. The lowest BCUT2D eigenvalue weighted by molar-refractivity contribution is 0.643. The van der Waals surface area contributed by atoms with Crippen LogP contribution in [0.1, 0.15) is 18.9 Å². The largest absolute Gasteiger partial charge is 0.327 e. The van der Waals surface area contributed by atoms with Gasteiger partial charge in [0.1, 0.15) is 0 Å². The summed E-state index contributed by atoms with van der Waals surface area (Å²) in [5.41, 5.74) is 9.37. The molecule has 0 aliphatic rings. The van der Waals surface area contributed by atoms with Crippen LogP contribution in [0, 0.1) is 0 Å². The van der Waals surface area contributed by atoms with E-state index in [4.69, 9.17) is 17.3 Å². The predicted molar refractivity (Wildman–Crippen MR) is 88.1 cm³/mol. The minimum Gasteiger partial charge on any atom is -0.327 e. The third-order valence-corrected chi connectivity index (χ3v) is 3.99. The molecule has 0 aliphatic carbocycles. The van der Waals surface area contributed by atoms with E-state index in [1.54, 1.807) is 0 Å². The van der Waals surface area contributed by atoms with E-state index >= 15 is 0 Å². The number of fused-ring (bicyclic) bond motifs is 1. The Bertz CT molecular complexity index is 764. The van der Waals surface area contributed by atoms with Crippen molar-refractivity contribution < 1.29 is 0 Å². The summed E-state index contributed by atoms with van der Waals surface area (Å²) in [5, 5.41) is 6.34. The molecule has 0 radical (unpaired) electrons. The normalized spacial score (nSPS) is 12.7. The van der Waals surface area contributed by atoms with Gasteiger partial charge in [-0.25, -0.2) is 4.68 Å². The second-order valence-electron chi connectivity index (χ2n) is 5.26. The van der Waals surface area contributed by atoms with Crippen molar-refractivity contribution in [2.45, 2.75) is 25.8 Å². The van der Waals surface area contributed by atoms with E-state index in [9.17, 15) is 0 Å². The number of aromatic nitrogens is 2. The second-order valence-corrected chi connectivity index (χ2v) is 5.70. The Labute approximate surface area is 129 Å². The molecule has 0 amide bonds. The van der Waals surface area contributed by atoms with Gasteiger partial charge in [0, 0.05) is 16.5 Å². The maximum Gasteiger partial charge on any atom is 0.0741 e. The highest BCUT2D eigenvalue weighted by molar-refractivity contribution is 6.30. The van der Waals surface area contributed by atoms with E-state index in [1.807, 2.05) is 41.2 Å². The molecule has 108 valence electrons. The first-order valence-electron chi connectivity index (χ1n) is 7.16. The molecule has 0 aliphatic heterocycles. The molecule has 3 aromatic rings. The van der Waals surface area contributed by atoms with Gasteiger partial charge < -0.3 is 5.73 Å². The van der Waals surface area contributed by atoms with Gasteiger partial charge in [-0.15, -0.1) is 0 Å². The molecule has 4 heteroatoms. The summed E-state index contributed by atoms with van der Waals surface area (Å²) in [7, 11) is 0. The fraction of sp³-hybridized carbons (Fsp3) is 0.235. The fourth-order valence-electron chi connectivity index (χ4n) is 2.50. The van der Waals surface area contributed by atoms with Crippen LogP contribution < -0.4 is 5.73 Å².